The van der Waals surface area contributed by atoms with Gasteiger partial charge in [0.2, 0.25) is 0 Å². The first-order chi connectivity index (χ1) is 5.38. The molecule has 58 valence electrons. The van der Waals surface area contributed by atoms with Crippen LogP contribution in [-0.2, 0) is 4.79 Å². The summed E-state index contributed by atoms with van der Waals surface area (Å²) in [6.45, 7) is 0. The van der Waals surface area contributed by atoms with Crippen molar-refractivity contribution in [2.45, 2.75) is 25.7 Å². The normalized spacial score (nSPS) is 29.6. The van der Waals surface area contributed by atoms with Gasteiger partial charge in [-0.15, -0.1) is 0 Å². The van der Waals surface area contributed by atoms with E-state index in [9.17, 15) is 4.79 Å². The van der Waals surface area contributed by atoms with Gasteiger partial charge in [-0.25, -0.2) is 0 Å². The van der Waals surface area contributed by atoms with Crippen LogP contribution in [0.1, 0.15) is 25.7 Å². The van der Waals surface area contributed by atoms with E-state index < -0.39 is 0 Å². The highest BCUT2D eigenvalue weighted by Gasteiger charge is 2.24. The van der Waals surface area contributed by atoms with E-state index in [1.54, 1.807) is 0 Å². The molecule has 2 aliphatic rings. The Balaban J connectivity index is 2.27. The first kappa shape index (κ1) is 6.84. The van der Waals surface area contributed by atoms with Crippen LogP contribution >= 0.6 is 0 Å². The van der Waals surface area contributed by atoms with Crippen molar-refractivity contribution in [1.82, 2.24) is 0 Å². The molecular weight excluding hydrogens is 136 g/mol. The van der Waals surface area contributed by atoms with Gasteiger partial charge in [0.1, 0.15) is 0 Å². The molecule has 0 spiro atoms. The number of Topliss-reactive ketones (excluding diaryl/α,β-unsaturated/α-hetero) is 1. The number of ketones is 1. The van der Waals surface area contributed by atoms with Gasteiger partial charge in [0.05, 0.1) is 0 Å². The molecule has 0 bridgehead atoms. The molecule has 0 amide bonds. The van der Waals surface area contributed by atoms with Gasteiger partial charge in [-0.3, -0.25) is 4.79 Å². The zero-order valence-corrected chi connectivity index (χ0v) is 6.55. The van der Waals surface area contributed by atoms with Crippen LogP contribution in [-0.4, -0.2) is 5.78 Å². The number of rotatable bonds is 0. The van der Waals surface area contributed by atoms with Gasteiger partial charge in [-0.2, -0.15) is 0 Å². The lowest BCUT2D eigenvalue weighted by Crippen LogP contribution is -2.19. The number of carbonyl (C=O) groups is 1. The molecule has 0 aromatic heterocycles. The fourth-order valence-electron chi connectivity index (χ4n) is 1.92. The van der Waals surface area contributed by atoms with E-state index in [0.29, 0.717) is 11.7 Å². The second-order valence-electron chi connectivity index (χ2n) is 3.30. The van der Waals surface area contributed by atoms with E-state index in [0.717, 1.165) is 24.8 Å². The summed E-state index contributed by atoms with van der Waals surface area (Å²) in [5.41, 5.74) is 1.08. The molecule has 1 heteroatoms. The minimum Gasteiger partial charge on any atom is -0.295 e. The predicted octanol–water partition coefficient (Wildman–Crippen LogP) is 2.24. The Labute approximate surface area is 66.8 Å². The van der Waals surface area contributed by atoms with E-state index in [-0.39, 0.29) is 0 Å². The Morgan fingerprint density at radius 1 is 1.45 bits per heavy atom. The zero-order valence-electron chi connectivity index (χ0n) is 6.55. The molecule has 11 heavy (non-hydrogen) atoms. The number of allylic oxidation sites excluding steroid dienone is 4. The maximum Gasteiger partial charge on any atom is 0.159 e. The van der Waals surface area contributed by atoms with Gasteiger partial charge >= 0.3 is 0 Å². The van der Waals surface area contributed by atoms with Crippen LogP contribution in [0.4, 0.5) is 0 Å². The van der Waals surface area contributed by atoms with Gasteiger partial charge in [0, 0.05) is 6.42 Å². The Morgan fingerprint density at radius 2 is 2.36 bits per heavy atom. The third-order valence-corrected chi connectivity index (χ3v) is 2.55. The number of hydrogen-bond acceptors (Lipinski definition) is 1. The molecule has 0 aliphatic heterocycles. The van der Waals surface area contributed by atoms with Crippen LogP contribution < -0.4 is 0 Å². The van der Waals surface area contributed by atoms with Crippen molar-refractivity contribution in [2.24, 2.45) is 5.92 Å². The zero-order chi connectivity index (χ0) is 7.68. The lowest BCUT2D eigenvalue weighted by Gasteiger charge is -2.24. The van der Waals surface area contributed by atoms with Gasteiger partial charge in [0.25, 0.3) is 0 Å². The lowest BCUT2D eigenvalue weighted by atomic mass is 9.79. The smallest absolute Gasteiger partial charge is 0.159 e. The Bertz CT molecular complexity index is 235. The van der Waals surface area contributed by atoms with Crippen LogP contribution in [0.25, 0.3) is 0 Å². The molecule has 1 fully saturated rings. The summed E-state index contributed by atoms with van der Waals surface area (Å²) in [6.07, 6.45) is 10.3. The molecule has 0 N–H and O–H groups in total. The lowest BCUT2D eigenvalue weighted by molar-refractivity contribution is -0.117. The Kier molecular flexibility index (Phi) is 1.65. The third-order valence-electron chi connectivity index (χ3n) is 2.55. The highest BCUT2D eigenvalue weighted by Crippen LogP contribution is 2.31. The summed E-state index contributed by atoms with van der Waals surface area (Å²) < 4.78 is 0. The van der Waals surface area contributed by atoms with E-state index in [4.69, 9.17) is 0 Å². The Hall–Kier alpha value is -0.850. The van der Waals surface area contributed by atoms with Crippen molar-refractivity contribution in [3.8, 4) is 0 Å². The molecule has 0 saturated heterocycles. The highest BCUT2D eigenvalue weighted by molar-refractivity contribution is 5.97. The summed E-state index contributed by atoms with van der Waals surface area (Å²) >= 11 is 0. The molecule has 1 unspecified atom stereocenters. The summed E-state index contributed by atoms with van der Waals surface area (Å²) in [7, 11) is 0. The fraction of sp³-hybridized carbons (Fsp3) is 0.500. The number of hydrogen-bond donors (Lipinski definition) is 0. The second-order valence-corrected chi connectivity index (χ2v) is 3.30. The third kappa shape index (κ3) is 1.15. The monoisotopic (exact) mass is 148 g/mol. The van der Waals surface area contributed by atoms with Crippen molar-refractivity contribution in [2.75, 3.05) is 0 Å². The van der Waals surface area contributed by atoms with Gasteiger partial charge in [0.15, 0.2) is 5.78 Å². The number of fused-ring (bicyclic) bond motifs is 1. The largest absolute Gasteiger partial charge is 0.295 e. The van der Waals surface area contributed by atoms with Crippen molar-refractivity contribution in [3.63, 3.8) is 0 Å². The fourth-order valence-corrected chi connectivity index (χ4v) is 1.92. The van der Waals surface area contributed by atoms with Crippen LogP contribution in [0.3, 0.4) is 0 Å². The number of carbonyl (C=O) groups excluding carboxylic acids is 1. The first-order valence-electron chi connectivity index (χ1n) is 4.28. The summed E-state index contributed by atoms with van der Waals surface area (Å²) in [6, 6.07) is 0. The van der Waals surface area contributed by atoms with Gasteiger partial charge < -0.3 is 0 Å². The van der Waals surface area contributed by atoms with Gasteiger partial charge in [-0.1, -0.05) is 18.2 Å². The summed E-state index contributed by atoms with van der Waals surface area (Å²) in [5, 5.41) is 0. The Morgan fingerprint density at radius 3 is 3.18 bits per heavy atom. The summed E-state index contributed by atoms with van der Waals surface area (Å²) in [4.78, 5) is 11.3. The van der Waals surface area contributed by atoms with Crippen LogP contribution in [0.15, 0.2) is 23.8 Å². The summed E-state index contributed by atoms with van der Waals surface area (Å²) in [5.74, 6) is 0.937. The molecule has 1 atom stereocenters. The molecule has 0 radical (unpaired) electrons. The standard InChI is InChI=1S/C10H12O/c11-10-7-3-5-8-4-1-2-6-9(8)10/h1-2,6,8H,3-5,7H2. The van der Waals surface area contributed by atoms with Gasteiger partial charge in [-0.05, 0) is 30.8 Å². The minimum absolute atomic E-state index is 0.380. The molecule has 2 rings (SSSR count). The maximum absolute atomic E-state index is 11.3. The van der Waals surface area contributed by atoms with Crippen LogP contribution in [0, 0.1) is 5.92 Å². The van der Waals surface area contributed by atoms with Crippen molar-refractivity contribution < 1.29 is 4.79 Å². The second kappa shape index (κ2) is 2.65. The molecule has 1 saturated carbocycles. The minimum atomic E-state index is 0.380. The van der Waals surface area contributed by atoms with Crippen molar-refractivity contribution >= 4 is 5.78 Å². The molecule has 0 aromatic carbocycles. The van der Waals surface area contributed by atoms with E-state index in [1.165, 1.54) is 6.42 Å². The van der Waals surface area contributed by atoms with E-state index in [1.807, 2.05) is 12.2 Å². The van der Waals surface area contributed by atoms with Crippen molar-refractivity contribution in [3.05, 3.63) is 23.8 Å². The highest BCUT2D eigenvalue weighted by atomic mass is 16.1. The molecule has 1 nitrogen and oxygen atoms in total. The molecule has 0 heterocycles. The van der Waals surface area contributed by atoms with Crippen molar-refractivity contribution in [1.29, 1.82) is 0 Å². The quantitative estimate of drug-likeness (QED) is 0.515. The van der Waals surface area contributed by atoms with Crippen LogP contribution in [0.5, 0.6) is 0 Å². The topological polar surface area (TPSA) is 17.1 Å². The first-order valence-corrected chi connectivity index (χ1v) is 4.28. The molecule has 0 aromatic rings. The van der Waals surface area contributed by atoms with E-state index >= 15 is 0 Å². The SMILES string of the molecule is O=C1CCCC2CC=CC=C12. The average Bonchev–Trinajstić information content (AvgIpc) is 2.06. The van der Waals surface area contributed by atoms with E-state index in [2.05, 4.69) is 6.08 Å². The maximum atomic E-state index is 11.3. The predicted molar refractivity (Wildman–Crippen MR) is 44.2 cm³/mol. The molecular formula is C10H12O. The molecule has 2 aliphatic carbocycles. The average molecular weight is 148 g/mol. The van der Waals surface area contributed by atoms with Crippen LogP contribution in [0.2, 0.25) is 0 Å².